The van der Waals surface area contributed by atoms with Crippen LogP contribution < -0.4 is 10.6 Å². The van der Waals surface area contributed by atoms with Crippen molar-refractivity contribution in [2.75, 3.05) is 18.9 Å². The number of hydrogen-bond acceptors (Lipinski definition) is 5. The van der Waals surface area contributed by atoms with Crippen LogP contribution in [0.3, 0.4) is 0 Å². The molecule has 27 heavy (non-hydrogen) atoms. The van der Waals surface area contributed by atoms with E-state index in [1.54, 1.807) is 18.2 Å². The highest BCUT2D eigenvalue weighted by Gasteiger charge is 2.33. The van der Waals surface area contributed by atoms with Crippen LogP contribution in [-0.4, -0.2) is 48.5 Å². The van der Waals surface area contributed by atoms with E-state index in [0.29, 0.717) is 6.29 Å². The van der Waals surface area contributed by atoms with E-state index in [9.17, 15) is 19.2 Å². The average Bonchev–Trinajstić information content (AvgIpc) is 2.68. The minimum atomic E-state index is -0.716. The van der Waals surface area contributed by atoms with Gasteiger partial charge in [-0.1, -0.05) is 27.2 Å². The first kappa shape index (κ1) is 22.3. The van der Waals surface area contributed by atoms with E-state index in [4.69, 9.17) is 0 Å². The van der Waals surface area contributed by atoms with Gasteiger partial charge in [0.15, 0.2) is 6.29 Å². The SMILES string of the molecule is CC.CCCCNc1ccc(C(=O)N(C)C2CCC(=O)NC2=O)c(C=O)c1. The molecule has 1 saturated heterocycles. The molecule has 1 fully saturated rings. The maximum absolute atomic E-state index is 12.7. The number of imide groups is 1. The van der Waals surface area contributed by atoms with Crippen LogP contribution in [-0.2, 0) is 9.59 Å². The van der Waals surface area contributed by atoms with Gasteiger partial charge in [-0.2, -0.15) is 0 Å². The van der Waals surface area contributed by atoms with Gasteiger partial charge >= 0.3 is 0 Å². The fourth-order valence-corrected chi connectivity index (χ4v) is 2.76. The van der Waals surface area contributed by atoms with Crippen molar-refractivity contribution in [2.45, 2.75) is 52.5 Å². The molecule has 0 spiro atoms. The third-order valence-electron chi connectivity index (χ3n) is 4.27. The van der Waals surface area contributed by atoms with E-state index in [2.05, 4.69) is 17.6 Å². The van der Waals surface area contributed by atoms with E-state index in [1.807, 2.05) is 13.8 Å². The molecule has 7 nitrogen and oxygen atoms in total. The third kappa shape index (κ3) is 5.91. The van der Waals surface area contributed by atoms with Gasteiger partial charge in [-0.25, -0.2) is 0 Å². The number of rotatable bonds is 7. The molecule has 0 aromatic heterocycles. The lowest BCUT2D eigenvalue weighted by molar-refractivity contribution is -0.136. The summed E-state index contributed by atoms with van der Waals surface area (Å²) in [6, 6.07) is 4.25. The highest BCUT2D eigenvalue weighted by molar-refractivity contribution is 6.06. The maximum Gasteiger partial charge on any atom is 0.255 e. The molecule has 0 aliphatic carbocycles. The summed E-state index contributed by atoms with van der Waals surface area (Å²) in [5.41, 5.74) is 1.28. The van der Waals surface area contributed by atoms with Gasteiger partial charge in [-0.15, -0.1) is 0 Å². The summed E-state index contributed by atoms with van der Waals surface area (Å²) in [5, 5.41) is 5.44. The molecule has 1 aromatic rings. The monoisotopic (exact) mass is 375 g/mol. The zero-order valence-corrected chi connectivity index (χ0v) is 16.5. The Labute approximate surface area is 160 Å². The van der Waals surface area contributed by atoms with Crippen LogP contribution in [0, 0.1) is 0 Å². The van der Waals surface area contributed by atoms with Gasteiger partial charge in [-0.05, 0) is 31.0 Å². The summed E-state index contributed by atoms with van der Waals surface area (Å²) in [6.45, 7) is 6.88. The molecule has 1 unspecified atom stereocenters. The first-order valence-electron chi connectivity index (χ1n) is 9.41. The Morgan fingerprint density at radius 3 is 2.63 bits per heavy atom. The Bertz CT molecular complexity index is 688. The molecule has 2 N–H and O–H groups in total. The van der Waals surface area contributed by atoms with Gasteiger partial charge in [-0.3, -0.25) is 24.5 Å². The molecule has 0 bridgehead atoms. The smallest absolute Gasteiger partial charge is 0.255 e. The number of piperidine rings is 1. The maximum atomic E-state index is 12.7. The Hall–Kier alpha value is -2.70. The van der Waals surface area contributed by atoms with Gasteiger partial charge < -0.3 is 10.2 Å². The summed E-state index contributed by atoms with van der Waals surface area (Å²) in [6.07, 6.45) is 3.17. The molecule has 7 heteroatoms. The minimum Gasteiger partial charge on any atom is -0.385 e. The molecule has 0 saturated carbocycles. The van der Waals surface area contributed by atoms with Crippen LogP contribution in [0.5, 0.6) is 0 Å². The Morgan fingerprint density at radius 2 is 2.04 bits per heavy atom. The number of likely N-dealkylation sites (N-methyl/N-ethyl adjacent to an activating group) is 1. The van der Waals surface area contributed by atoms with Crippen molar-refractivity contribution in [1.82, 2.24) is 10.2 Å². The molecule has 2 rings (SSSR count). The fourth-order valence-electron chi connectivity index (χ4n) is 2.76. The topological polar surface area (TPSA) is 95.6 Å². The highest BCUT2D eigenvalue weighted by atomic mass is 16.2. The fraction of sp³-hybridized carbons (Fsp3) is 0.500. The quantitative estimate of drug-likeness (QED) is 0.434. The highest BCUT2D eigenvalue weighted by Crippen LogP contribution is 2.19. The molecule has 1 aliphatic heterocycles. The molecule has 1 heterocycles. The second kappa shape index (κ2) is 11.1. The zero-order chi connectivity index (χ0) is 20.4. The normalized spacial score (nSPS) is 15.9. The van der Waals surface area contributed by atoms with Crippen molar-refractivity contribution in [3.63, 3.8) is 0 Å². The summed E-state index contributed by atoms with van der Waals surface area (Å²) < 4.78 is 0. The van der Waals surface area contributed by atoms with Crippen LogP contribution in [0.4, 0.5) is 5.69 Å². The molecular formula is C20H29N3O4. The Kier molecular flexibility index (Phi) is 9.19. The predicted octanol–water partition coefficient (Wildman–Crippen LogP) is 2.61. The molecular weight excluding hydrogens is 346 g/mol. The molecule has 1 aliphatic rings. The number of anilines is 1. The summed E-state index contributed by atoms with van der Waals surface area (Å²) in [7, 11) is 1.50. The lowest BCUT2D eigenvalue weighted by Gasteiger charge is -2.30. The van der Waals surface area contributed by atoms with E-state index < -0.39 is 17.9 Å². The number of nitrogens with zero attached hydrogens (tertiary/aromatic N) is 1. The van der Waals surface area contributed by atoms with Crippen LogP contribution in [0.2, 0.25) is 0 Å². The van der Waals surface area contributed by atoms with Gasteiger partial charge in [0.2, 0.25) is 11.8 Å². The van der Waals surface area contributed by atoms with E-state index in [0.717, 1.165) is 25.1 Å². The number of amides is 3. The van der Waals surface area contributed by atoms with Crippen molar-refractivity contribution < 1.29 is 19.2 Å². The third-order valence-corrected chi connectivity index (χ3v) is 4.27. The van der Waals surface area contributed by atoms with E-state index in [1.165, 1.54) is 11.9 Å². The molecule has 1 atom stereocenters. The second-order valence-electron chi connectivity index (χ2n) is 6.08. The van der Waals surface area contributed by atoms with Crippen LogP contribution in [0.1, 0.15) is 67.2 Å². The predicted molar refractivity (Wildman–Crippen MR) is 105 cm³/mol. The van der Waals surface area contributed by atoms with Crippen molar-refractivity contribution in [2.24, 2.45) is 0 Å². The van der Waals surface area contributed by atoms with Crippen LogP contribution >= 0.6 is 0 Å². The first-order chi connectivity index (χ1) is 13.0. The second-order valence-corrected chi connectivity index (χ2v) is 6.08. The van der Waals surface area contributed by atoms with Crippen molar-refractivity contribution >= 4 is 29.7 Å². The van der Waals surface area contributed by atoms with E-state index >= 15 is 0 Å². The number of unbranched alkanes of at least 4 members (excludes halogenated alkanes) is 1. The van der Waals surface area contributed by atoms with Crippen molar-refractivity contribution in [1.29, 1.82) is 0 Å². The largest absolute Gasteiger partial charge is 0.385 e. The number of carbonyl (C=O) groups excluding carboxylic acids is 4. The number of carbonyl (C=O) groups is 4. The molecule has 148 valence electrons. The number of aldehydes is 1. The van der Waals surface area contributed by atoms with Crippen molar-refractivity contribution in [3.8, 4) is 0 Å². The minimum absolute atomic E-state index is 0.189. The Morgan fingerprint density at radius 1 is 1.33 bits per heavy atom. The summed E-state index contributed by atoms with van der Waals surface area (Å²) >= 11 is 0. The van der Waals surface area contributed by atoms with Gasteiger partial charge in [0, 0.05) is 31.3 Å². The lowest BCUT2D eigenvalue weighted by Crippen LogP contribution is -2.53. The standard InChI is InChI=1S/C18H23N3O4.C2H6/c1-3-4-9-19-13-5-6-14(12(10-13)11-22)18(25)21(2)15-7-8-16(23)20-17(15)24;1-2/h5-6,10-11,15,19H,3-4,7-9H2,1-2H3,(H,20,23,24);1-2H3. The lowest BCUT2D eigenvalue weighted by atomic mass is 10.0. The number of benzene rings is 1. The van der Waals surface area contributed by atoms with Crippen LogP contribution in [0.25, 0.3) is 0 Å². The summed E-state index contributed by atoms with van der Waals surface area (Å²) in [5.74, 6) is -1.24. The summed E-state index contributed by atoms with van der Waals surface area (Å²) in [4.78, 5) is 48.6. The zero-order valence-electron chi connectivity index (χ0n) is 16.5. The van der Waals surface area contributed by atoms with Crippen LogP contribution in [0.15, 0.2) is 18.2 Å². The van der Waals surface area contributed by atoms with Gasteiger partial charge in [0.05, 0.1) is 5.56 Å². The molecule has 3 amide bonds. The van der Waals surface area contributed by atoms with Gasteiger partial charge in [0.1, 0.15) is 6.04 Å². The number of hydrogen-bond donors (Lipinski definition) is 2. The van der Waals surface area contributed by atoms with E-state index in [-0.39, 0.29) is 29.9 Å². The molecule has 1 aromatic carbocycles. The van der Waals surface area contributed by atoms with Gasteiger partial charge in [0.25, 0.3) is 5.91 Å². The number of nitrogens with one attached hydrogen (secondary N) is 2. The Balaban J connectivity index is 0.00000176. The first-order valence-corrected chi connectivity index (χ1v) is 9.41. The molecule has 0 radical (unpaired) electrons. The average molecular weight is 375 g/mol. The van der Waals surface area contributed by atoms with Crippen molar-refractivity contribution in [3.05, 3.63) is 29.3 Å².